The second-order valence-corrected chi connectivity index (χ2v) is 8.06. The lowest BCUT2D eigenvalue weighted by Crippen LogP contribution is -2.27. The van der Waals surface area contributed by atoms with Gasteiger partial charge in [-0.05, 0) is 6.42 Å². The summed E-state index contributed by atoms with van der Waals surface area (Å²) in [5.41, 5.74) is 5.33. The van der Waals surface area contributed by atoms with Crippen LogP contribution in [0.2, 0.25) is 0 Å². The fourth-order valence-corrected chi connectivity index (χ4v) is 3.41. The summed E-state index contributed by atoms with van der Waals surface area (Å²) in [5, 5.41) is 2.91. The van der Waals surface area contributed by atoms with E-state index in [1.54, 1.807) is 0 Å². The van der Waals surface area contributed by atoms with Gasteiger partial charge >= 0.3 is 0 Å². The maximum absolute atomic E-state index is 11.7. The molecule has 0 spiro atoms. The molecule has 0 aliphatic rings. The van der Waals surface area contributed by atoms with E-state index in [-0.39, 0.29) is 18.3 Å². The molecule has 0 saturated carbocycles. The first-order valence-electron chi connectivity index (χ1n) is 12.4. The normalized spacial score (nSPS) is 10.7. The number of hydrogen-bond donors (Lipinski definition) is 2. The Labute approximate surface area is 193 Å². The van der Waals surface area contributed by atoms with E-state index in [4.69, 9.17) is 15.2 Å². The Kier molecular flexibility index (Phi) is 30.4. The molecule has 0 aromatic carbocycles. The average molecular weight is 451 g/mol. The summed E-state index contributed by atoms with van der Waals surface area (Å²) in [4.78, 5) is 11.7. The lowest BCUT2D eigenvalue weighted by molar-refractivity contribution is -0.121. The molecule has 30 heavy (non-hydrogen) atoms. The van der Waals surface area contributed by atoms with Crippen LogP contribution in [0.25, 0.3) is 0 Å². The molecule has 0 heterocycles. The molecule has 182 valence electrons. The van der Waals surface area contributed by atoms with E-state index in [9.17, 15) is 4.79 Å². The molecule has 0 fully saturated rings. The molecule has 0 aromatic heterocycles. The summed E-state index contributed by atoms with van der Waals surface area (Å²) < 4.78 is 10.6. The molecule has 0 aromatic rings. The fourth-order valence-electron chi connectivity index (χ4n) is 3.41. The number of nitrogens with one attached hydrogen (secondary N) is 1. The number of rotatable bonds is 24. The Morgan fingerprint density at radius 3 is 1.57 bits per heavy atom. The smallest absolute Gasteiger partial charge is 0.220 e. The quantitative estimate of drug-likeness (QED) is 0.183. The van der Waals surface area contributed by atoms with Gasteiger partial charge in [-0.3, -0.25) is 4.79 Å². The van der Waals surface area contributed by atoms with Gasteiger partial charge in [0.1, 0.15) is 0 Å². The summed E-state index contributed by atoms with van der Waals surface area (Å²) in [6.45, 7) is 5.61. The van der Waals surface area contributed by atoms with Crippen molar-refractivity contribution in [1.29, 1.82) is 0 Å². The van der Waals surface area contributed by atoms with Gasteiger partial charge in [-0.2, -0.15) is 0 Å². The largest absolute Gasteiger partial charge is 0.378 e. The van der Waals surface area contributed by atoms with Crippen molar-refractivity contribution in [2.75, 3.05) is 39.5 Å². The van der Waals surface area contributed by atoms with E-state index < -0.39 is 0 Å². The van der Waals surface area contributed by atoms with Crippen molar-refractivity contribution >= 4 is 18.3 Å². The third-order valence-corrected chi connectivity index (χ3v) is 5.21. The number of ether oxygens (including phenoxy) is 2. The Hall–Kier alpha value is -0.360. The highest BCUT2D eigenvalue weighted by molar-refractivity contribution is 5.85. The predicted molar refractivity (Wildman–Crippen MR) is 130 cm³/mol. The van der Waals surface area contributed by atoms with Gasteiger partial charge < -0.3 is 20.5 Å². The summed E-state index contributed by atoms with van der Waals surface area (Å²) in [7, 11) is 0. The van der Waals surface area contributed by atoms with Crippen molar-refractivity contribution in [3.63, 3.8) is 0 Å². The third-order valence-electron chi connectivity index (χ3n) is 5.21. The number of carbonyl (C=O) groups is 1. The fraction of sp³-hybridized carbons (Fsp3) is 0.958. The Balaban J connectivity index is 0. The minimum absolute atomic E-state index is 0. The molecule has 0 aliphatic carbocycles. The molecular weight excluding hydrogens is 400 g/mol. The molecule has 5 nitrogen and oxygen atoms in total. The van der Waals surface area contributed by atoms with Crippen molar-refractivity contribution in [1.82, 2.24) is 5.32 Å². The Morgan fingerprint density at radius 1 is 0.667 bits per heavy atom. The number of nitrogens with two attached hydrogens (primary N) is 1. The molecule has 0 unspecified atom stereocenters. The lowest BCUT2D eigenvalue weighted by Gasteiger charge is -2.07. The van der Waals surface area contributed by atoms with E-state index in [2.05, 4.69) is 12.2 Å². The number of unbranched alkanes of at least 4 members (excludes halogenated alkanes) is 14. The molecule has 3 N–H and O–H groups in total. The van der Waals surface area contributed by atoms with E-state index in [1.807, 2.05) is 0 Å². The minimum atomic E-state index is 0. The second-order valence-electron chi connectivity index (χ2n) is 8.06. The van der Waals surface area contributed by atoms with Crippen LogP contribution in [0, 0.1) is 0 Å². The third kappa shape index (κ3) is 27.6. The zero-order chi connectivity index (χ0) is 21.3. The Morgan fingerprint density at radius 2 is 1.10 bits per heavy atom. The predicted octanol–water partition coefficient (Wildman–Crippen LogP) is 5.78. The average Bonchev–Trinajstić information content (AvgIpc) is 2.72. The van der Waals surface area contributed by atoms with Crippen molar-refractivity contribution in [2.24, 2.45) is 5.73 Å². The number of halogens is 1. The molecule has 6 heteroatoms. The number of amides is 1. The topological polar surface area (TPSA) is 73.6 Å². The van der Waals surface area contributed by atoms with Crippen molar-refractivity contribution in [2.45, 2.75) is 110 Å². The van der Waals surface area contributed by atoms with Crippen LogP contribution in [0.15, 0.2) is 0 Å². The molecule has 0 bridgehead atoms. The summed E-state index contributed by atoms with van der Waals surface area (Å²) in [6.07, 6.45) is 20.8. The highest BCUT2D eigenvalue weighted by Gasteiger charge is 2.00. The molecule has 0 atom stereocenters. The van der Waals surface area contributed by atoms with Crippen LogP contribution in [0.3, 0.4) is 0 Å². The SMILES string of the molecule is CCCCCCCCCCCCCCCCCC(=O)NCCOCCOCCN.Cl. The van der Waals surface area contributed by atoms with Gasteiger partial charge in [0.15, 0.2) is 0 Å². The van der Waals surface area contributed by atoms with E-state index in [0.29, 0.717) is 45.9 Å². The minimum Gasteiger partial charge on any atom is -0.378 e. The van der Waals surface area contributed by atoms with Crippen LogP contribution in [-0.4, -0.2) is 45.4 Å². The summed E-state index contributed by atoms with van der Waals surface area (Å²) >= 11 is 0. The van der Waals surface area contributed by atoms with Gasteiger partial charge in [0.2, 0.25) is 5.91 Å². The number of hydrogen-bond acceptors (Lipinski definition) is 4. The maximum atomic E-state index is 11.7. The van der Waals surface area contributed by atoms with Gasteiger partial charge in [0.05, 0.1) is 26.4 Å². The maximum Gasteiger partial charge on any atom is 0.220 e. The number of carbonyl (C=O) groups excluding carboxylic acids is 1. The highest BCUT2D eigenvalue weighted by atomic mass is 35.5. The van der Waals surface area contributed by atoms with Crippen molar-refractivity contribution in [3.05, 3.63) is 0 Å². The highest BCUT2D eigenvalue weighted by Crippen LogP contribution is 2.13. The van der Waals surface area contributed by atoms with Crippen LogP contribution < -0.4 is 11.1 Å². The Bertz CT molecular complexity index is 334. The van der Waals surface area contributed by atoms with E-state index in [1.165, 1.54) is 89.9 Å². The van der Waals surface area contributed by atoms with E-state index >= 15 is 0 Å². The molecule has 0 radical (unpaired) electrons. The zero-order valence-corrected chi connectivity index (χ0v) is 20.6. The lowest BCUT2D eigenvalue weighted by atomic mass is 10.0. The van der Waals surface area contributed by atoms with Crippen LogP contribution in [0.1, 0.15) is 110 Å². The van der Waals surface area contributed by atoms with Crippen molar-refractivity contribution < 1.29 is 14.3 Å². The van der Waals surface area contributed by atoms with Crippen LogP contribution in [0.5, 0.6) is 0 Å². The standard InChI is InChI=1S/C24H50N2O3.ClH/c1-2-3-4-5-6-7-8-9-10-11-12-13-14-15-16-17-24(27)26-19-21-29-23-22-28-20-18-25;/h2-23,25H2,1H3,(H,26,27);1H. The monoisotopic (exact) mass is 450 g/mol. The van der Waals surface area contributed by atoms with Gasteiger partial charge in [0, 0.05) is 19.5 Å². The zero-order valence-electron chi connectivity index (χ0n) is 19.8. The van der Waals surface area contributed by atoms with Crippen molar-refractivity contribution in [3.8, 4) is 0 Å². The summed E-state index contributed by atoms with van der Waals surface area (Å²) in [5.74, 6) is 0.141. The van der Waals surface area contributed by atoms with Crippen LogP contribution >= 0.6 is 12.4 Å². The molecule has 0 aliphatic heterocycles. The first-order valence-corrected chi connectivity index (χ1v) is 12.4. The van der Waals surface area contributed by atoms with Gasteiger partial charge in [-0.1, -0.05) is 96.8 Å². The second kappa shape index (κ2) is 28.6. The summed E-state index contributed by atoms with van der Waals surface area (Å²) in [6, 6.07) is 0. The first-order chi connectivity index (χ1) is 14.3. The van der Waals surface area contributed by atoms with E-state index in [0.717, 1.165) is 6.42 Å². The molecule has 0 rings (SSSR count). The van der Waals surface area contributed by atoms with Crippen LogP contribution in [-0.2, 0) is 14.3 Å². The first kappa shape index (κ1) is 31.8. The van der Waals surface area contributed by atoms with Gasteiger partial charge in [0.25, 0.3) is 0 Å². The van der Waals surface area contributed by atoms with Crippen LogP contribution in [0.4, 0.5) is 0 Å². The molecular formula is C24H51ClN2O3. The molecule has 1 amide bonds. The van der Waals surface area contributed by atoms with Gasteiger partial charge in [-0.25, -0.2) is 0 Å². The van der Waals surface area contributed by atoms with Gasteiger partial charge in [-0.15, -0.1) is 12.4 Å². The molecule has 0 saturated heterocycles.